The van der Waals surface area contributed by atoms with Crippen LogP contribution in [0.1, 0.15) is 22.3 Å². The molecular weight excluding hydrogens is 340 g/mol. The van der Waals surface area contributed by atoms with Crippen LogP contribution in [0.15, 0.2) is 85.2 Å². The number of benzene rings is 3. The van der Waals surface area contributed by atoms with Gasteiger partial charge < -0.3 is 9.97 Å². The number of fused-ring (bicyclic) bond motifs is 2. The summed E-state index contributed by atoms with van der Waals surface area (Å²) in [5, 5.41) is 2.49. The first-order valence-electron chi connectivity index (χ1n) is 9.45. The molecule has 0 saturated heterocycles. The van der Waals surface area contributed by atoms with Gasteiger partial charge in [0.2, 0.25) is 0 Å². The highest BCUT2D eigenvalue weighted by Gasteiger charge is 2.00. The zero-order valence-electron chi connectivity index (χ0n) is 15.4. The molecule has 0 bridgehead atoms. The highest BCUT2D eigenvalue weighted by Crippen LogP contribution is 2.22. The number of nitrogens with one attached hydrogen (secondary N) is 2. The fourth-order valence-corrected chi connectivity index (χ4v) is 3.60. The van der Waals surface area contributed by atoms with Crippen molar-refractivity contribution in [2.75, 3.05) is 0 Å². The van der Waals surface area contributed by atoms with Crippen LogP contribution in [0.3, 0.4) is 0 Å². The average Bonchev–Trinajstić information content (AvgIpc) is 3.35. The van der Waals surface area contributed by atoms with Gasteiger partial charge in [-0.3, -0.25) is 0 Å². The van der Waals surface area contributed by atoms with Crippen LogP contribution in [0, 0.1) is 0 Å². The highest BCUT2D eigenvalue weighted by molar-refractivity contribution is 5.92. The van der Waals surface area contributed by atoms with E-state index < -0.39 is 0 Å². The highest BCUT2D eigenvalue weighted by atomic mass is 14.7. The monoisotopic (exact) mass is 360 g/mol. The lowest BCUT2D eigenvalue weighted by Gasteiger charge is -1.98. The predicted molar refractivity (Wildman–Crippen MR) is 121 cm³/mol. The van der Waals surface area contributed by atoms with Crippen molar-refractivity contribution in [2.24, 2.45) is 0 Å². The van der Waals surface area contributed by atoms with Gasteiger partial charge in [0, 0.05) is 34.2 Å². The van der Waals surface area contributed by atoms with Gasteiger partial charge in [0.25, 0.3) is 0 Å². The number of rotatable bonds is 4. The van der Waals surface area contributed by atoms with Gasteiger partial charge >= 0.3 is 0 Å². The van der Waals surface area contributed by atoms with Crippen LogP contribution in [0.5, 0.6) is 0 Å². The van der Waals surface area contributed by atoms with Gasteiger partial charge in [0.05, 0.1) is 0 Å². The van der Waals surface area contributed by atoms with Crippen molar-refractivity contribution in [1.29, 1.82) is 0 Å². The minimum absolute atomic E-state index is 1.16. The van der Waals surface area contributed by atoms with E-state index >= 15 is 0 Å². The van der Waals surface area contributed by atoms with Gasteiger partial charge in [0.15, 0.2) is 0 Å². The fraction of sp³-hybridized carbons (Fsp3) is 0. The van der Waals surface area contributed by atoms with Gasteiger partial charge in [-0.1, -0.05) is 78.9 Å². The molecule has 134 valence electrons. The third-order valence-electron chi connectivity index (χ3n) is 5.06. The summed E-state index contributed by atoms with van der Waals surface area (Å²) in [6, 6.07) is 25.3. The van der Waals surface area contributed by atoms with Crippen molar-refractivity contribution in [3.8, 4) is 0 Å². The fourth-order valence-electron chi connectivity index (χ4n) is 3.60. The summed E-state index contributed by atoms with van der Waals surface area (Å²) in [4.78, 5) is 6.64. The molecule has 0 unspecified atom stereocenters. The zero-order chi connectivity index (χ0) is 18.8. The maximum absolute atomic E-state index is 3.32. The molecule has 5 aromatic rings. The molecule has 2 heteroatoms. The quantitative estimate of drug-likeness (QED) is 0.346. The summed E-state index contributed by atoms with van der Waals surface area (Å²) in [6.45, 7) is 0. The first-order valence-corrected chi connectivity index (χ1v) is 9.45. The van der Waals surface area contributed by atoms with Crippen LogP contribution in [-0.4, -0.2) is 9.97 Å². The largest absolute Gasteiger partial charge is 0.361 e. The Morgan fingerprint density at radius 3 is 1.54 bits per heavy atom. The lowest BCUT2D eigenvalue weighted by Crippen LogP contribution is -1.76. The Morgan fingerprint density at radius 2 is 1.00 bits per heavy atom. The Hall–Kier alpha value is -3.78. The van der Waals surface area contributed by atoms with Crippen molar-refractivity contribution < 1.29 is 0 Å². The molecule has 0 atom stereocenters. The zero-order valence-corrected chi connectivity index (χ0v) is 15.4. The molecule has 28 heavy (non-hydrogen) atoms. The first kappa shape index (κ1) is 16.4. The van der Waals surface area contributed by atoms with Crippen LogP contribution in [0.25, 0.3) is 46.1 Å². The van der Waals surface area contributed by atoms with Gasteiger partial charge in [-0.25, -0.2) is 0 Å². The number of hydrogen-bond donors (Lipinski definition) is 2. The molecule has 0 radical (unpaired) electrons. The van der Waals surface area contributed by atoms with E-state index in [2.05, 4.69) is 119 Å². The Balaban J connectivity index is 1.40. The van der Waals surface area contributed by atoms with E-state index in [0.29, 0.717) is 0 Å². The van der Waals surface area contributed by atoms with E-state index in [4.69, 9.17) is 0 Å². The topological polar surface area (TPSA) is 31.6 Å². The van der Waals surface area contributed by atoms with Crippen LogP contribution in [0.4, 0.5) is 0 Å². The summed E-state index contributed by atoms with van der Waals surface area (Å²) in [5.74, 6) is 0. The number of H-pyrrole nitrogens is 2. The first-order chi connectivity index (χ1) is 13.9. The van der Waals surface area contributed by atoms with Crippen LogP contribution >= 0.6 is 0 Å². The Morgan fingerprint density at radius 1 is 0.500 bits per heavy atom. The summed E-state index contributed by atoms with van der Waals surface area (Å²) in [6.07, 6.45) is 12.8. The van der Waals surface area contributed by atoms with Gasteiger partial charge in [0.1, 0.15) is 0 Å². The predicted octanol–water partition coefficient (Wildman–Crippen LogP) is 6.99. The lowest BCUT2D eigenvalue weighted by molar-refractivity contribution is 1.47. The smallest absolute Gasteiger partial charge is 0.0460 e. The molecule has 2 N–H and O–H groups in total. The number of hydrogen-bond acceptors (Lipinski definition) is 0. The second-order valence-corrected chi connectivity index (χ2v) is 6.92. The normalized spacial score (nSPS) is 12.0. The van der Waals surface area contributed by atoms with Crippen molar-refractivity contribution in [3.05, 3.63) is 107 Å². The third kappa shape index (κ3) is 3.17. The van der Waals surface area contributed by atoms with E-state index in [1.165, 1.54) is 33.0 Å². The van der Waals surface area contributed by atoms with Gasteiger partial charge in [-0.2, -0.15) is 0 Å². The average molecular weight is 360 g/mol. The minimum Gasteiger partial charge on any atom is -0.361 e. The molecule has 2 nitrogen and oxygen atoms in total. The van der Waals surface area contributed by atoms with Gasteiger partial charge in [-0.15, -0.1) is 0 Å². The molecule has 0 aliphatic rings. The lowest BCUT2D eigenvalue weighted by atomic mass is 10.1. The van der Waals surface area contributed by atoms with Crippen molar-refractivity contribution in [1.82, 2.24) is 9.97 Å². The molecule has 0 aliphatic carbocycles. The maximum atomic E-state index is 3.32. The third-order valence-corrected chi connectivity index (χ3v) is 5.06. The Bertz CT molecular complexity index is 1220. The standard InChI is InChI=1S/C26H20N2/c1-3-10-25-23(8-1)21(17-27-25)14-12-19-6-5-7-20(16-19)13-15-22-18-28-26-11-4-2-9-24(22)26/h1-18,27-28H/b14-12+,15-13+. The van der Waals surface area contributed by atoms with Crippen molar-refractivity contribution in [3.63, 3.8) is 0 Å². The molecule has 2 aromatic heterocycles. The summed E-state index contributed by atoms with van der Waals surface area (Å²) < 4.78 is 0. The maximum Gasteiger partial charge on any atom is 0.0460 e. The van der Waals surface area contributed by atoms with Crippen molar-refractivity contribution >= 4 is 46.1 Å². The van der Waals surface area contributed by atoms with E-state index in [0.717, 1.165) is 11.0 Å². The molecule has 5 rings (SSSR count). The number of aromatic amines is 2. The minimum atomic E-state index is 1.16. The molecule has 2 heterocycles. The van der Waals surface area contributed by atoms with E-state index in [1.807, 2.05) is 0 Å². The molecule has 0 fully saturated rings. The van der Waals surface area contributed by atoms with Crippen LogP contribution in [0.2, 0.25) is 0 Å². The summed E-state index contributed by atoms with van der Waals surface area (Å²) in [5.41, 5.74) is 7.11. The van der Waals surface area contributed by atoms with Crippen LogP contribution in [-0.2, 0) is 0 Å². The molecule has 0 saturated carbocycles. The molecule has 0 amide bonds. The molecular formula is C26H20N2. The van der Waals surface area contributed by atoms with Crippen LogP contribution < -0.4 is 0 Å². The van der Waals surface area contributed by atoms with Crippen molar-refractivity contribution in [2.45, 2.75) is 0 Å². The molecule has 3 aromatic carbocycles. The summed E-state index contributed by atoms with van der Waals surface area (Å²) >= 11 is 0. The number of aromatic nitrogens is 2. The SMILES string of the molecule is C(=C\c1c[nH]c2ccccc12)/c1cccc(/C=C/c2c[nH]c3ccccc23)c1. The second kappa shape index (κ2) is 7.09. The van der Waals surface area contributed by atoms with E-state index in [1.54, 1.807) is 0 Å². The number of para-hydroxylation sites is 2. The van der Waals surface area contributed by atoms with E-state index in [9.17, 15) is 0 Å². The molecule has 0 spiro atoms. The Kier molecular flexibility index (Phi) is 4.15. The van der Waals surface area contributed by atoms with E-state index in [-0.39, 0.29) is 0 Å². The van der Waals surface area contributed by atoms with Gasteiger partial charge in [-0.05, 0) is 40.5 Å². The molecule has 0 aliphatic heterocycles. The Labute approximate surface area is 163 Å². The second-order valence-electron chi connectivity index (χ2n) is 6.92. The summed E-state index contributed by atoms with van der Waals surface area (Å²) in [7, 11) is 0.